The van der Waals surface area contributed by atoms with Crippen molar-refractivity contribution in [2.75, 3.05) is 5.73 Å². The summed E-state index contributed by atoms with van der Waals surface area (Å²) in [7, 11) is 0. The lowest BCUT2D eigenvalue weighted by atomic mass is 10.2. The van der Waals surface area contributed by atoms with Gasteiger partial charge in [0.2, 0.25) is 5.88 Å². The van der Waals surface area contributed by atoms with Gasteiger partial charge in [-0.15, -0.1) is 0 Å². The monoisotopic (exact) mass is 332 g/mol. The number of aromatic nitrogens is 1. The molecule has 7 heteroatoms. The summed E-state index contributed by atoms with van der Waals surface area (Å²) in [5.74, 6) is 0.196. The first-order valence-electron chi connectivity index (χ1n) is 5.12. The second-order valence-electron chi connectivity index (χ2n) is 3.68. The second kappa shape index (κ2) is 5.08. The van der Waals surface area contributed by atoms with E-state index in [1.165, 1.54) is 18.3 Å². The summed E-state index contributed by atoms with van der Waals surface area (Å²) in [6.07, 6.45) is -3.06. The third-order valence-corrected chi connectivity index (χ3v) is 2.77. The van der Waals surface area contributed by atoms with Crippen molar-refractivity contribution < 1.29 is 17.9 Å². The molecule has 0 unspecified atom stereocenters. The molecule has 19 heavy (non-hydrogen) atoms. The van der Waals surface area contributed by atoms with E-state index >= 15 is 0 Å². The van der Waals surface area contributed by atoms with Gasteiger partial charge in [0.25, 0.3) is 0 Å². The minimum atomic E-state index is -4.41. The van der Waals surface area contributed by atoms with Gasteiger partial charge in [0.1, 0.15) is 5.75 Å². The molecule has 0 aliphatic carbocycles. The summed E-state index contributed by atoms with van der Waals surface area (Å²) >= 11 is 3.17. The highest BCUT2D eigenvalue weighted by atomic mass is 79.9. The summed E-state index contributed by atoms with van der Waals surface area (Å²) < 4.78 is 43.4. The Morgan fingerprint density at radius 1 is 1.21 bits per heavy atom. The predicted octanol–water partition coefficient (Wildman–Crippen LogP) is 4.24. The number of halogens is 4. The molecule has 0 atom stereocenters. The molecule has 0 radical (unpaired) electrons. The lowest BCUT2D eigenvalue weighted by molar-refractivity contribution is -0.137. The molecule has 1 aromatic carbocycles. The Hall–Kier alpha value is -1.76. The third-order valence-electron chi connectivity index (χ3n) is 2.20. The summed E-state index contributed by atoms with van der Waals surface area (Å²) in [4.78, 5) is 3.89. The number of nitrogens with two attached hydrogens (primary N) is 1. The minimum Gasteiger partial charge on any atom is -0.438 e. The lowest BCUT2D eigenvalue weighted by Crippen LogP contribution is -2.04. The second-order valence-corrected chi connectivity index (χ2v) is 4.54. The molecule has 0 saturated carbocycles. The average Bonchev–Trinajstić information content (AvgIpc) is 2.32. The summed E-state index contributed by atoms with van der Waals surface area (Å²) in [5, 5.41) is 0. The van der Waals surface area contributed by atoms with Crippen LogP contribution in [0.5, 0.6) is 11.6 Å². The van der Waals surface area contributed by atoms with Gasteiger partial charge < -0.3 is 10.5 Å². The number of anilines is 1. The number of hydrogen-bond donors (Lipinski definition) is 1. The zero-order chi connectivity index (χ0) is 14.0. The summed E-state index contributed by atoms with van der Waals surface area (Å²) in [6.45, 7) is 0. The molecule has 3 nitrogen and oxygen atoms in total. The molecule has 0 bridgehead atoms. The number of alkyl halides is 3. The van der Waals surface area contributed by atoms with E-state index in [9.17, 15) is 13.2 Å². The van der Waals surface area contributed by atoms with Crippen molar-refractivity contribution in [1.29, 1.82) is 0 Å². The number of nitrogens with zero attached hydrogens (tertiary/aromatic N) is 1. The van der Waals surface area contributed by atoms with E-state index in [0.717, 1.165) is 12.1 Å². The first-order valence-corrected chi connectivity index (χ1v) is 5.92. The van der Waals surface area contributed by atoms with Gasteiger partial charge in [-0.2, -0.15) is 13.2 Å². The van der Waals surface area contributed by atoms with Crippen molar-refractivity contribution in [2.24, 2.45) is 0 Å². The van der Waals surface area contributed by atoms with E-state index in [4.69, 9.17) is 10.5 Å². The lowest BCUT2D eigenvalue weighted by Gasteiger charge is -2.10. The molecular formula is C12H8BrF3N2O. The van der Waals surface area contributed by atoms with Crippen molar-refractivity contribution in [2.45, 2.75) is 6.18 Å². The van der Waals surface area contributed by atoms with Crippen LogP contribution in [0.15, 0.2) is 41.0 Å². The fourth-order valence-electron chi connectivity index (χ4n) is 1.36. The average molecular weight is 333 g/mol. The molecule has 1 aromatic heterocycles. The van der Waals surface area contributed by atoms with Gasteiger partial charge in [0, 0.05) is 0 Å². The van der Waals surface area contributed by atoms with E-state index in [1.807, 2.05) is 0 Å². The van der Waals surface area contributed by atoms with Crippen LogP contribution in [-0.4, -0.2) is 4.98 Å². The van der Waals surface area contributed by atoms with E-state index in [-0.39, 0.29) is 11.6 Å². The normalized spacial score (nSPS) is 11.4. The number of pyridine rings is 1. The predicted molar refractivity (Wildman–Crippen MR) is 67.9 cm³/mol. The zero-order valence-corrected chi connectivity index (χ0v) is 11.0. The standard InChI is InChI=1S/C12H8BrF3N2O/c13-10-5-8(17)6-18-11(10)19-9-3-1-2-7(4-9)12(14,15)16/h1-6H,17H2. The summed E-state index contributed by atoms with van der Waals surface area (Å²) in [5.41, 5.74) is 5.14. The number of hydrogen-bond acceptors (Lipinski definition) is 3. The first-order chi connectivity index (χ1) is 8.86. The first kappa shape index (κ1) is 13.7. The van der Waals surface area contributed by atoms with Gasteiger partial charge in [-0.3, -0.25) is 0 Å². The Morgan fingerprint density at radius 2 is 1.95 bits per heavy atom. The molecule has 2 N–H and O–H groups in total. The summed E-state index contributed by atoms with van der Waals surface area (Å²) in [6, 6.07) is 6.11. The van der Waals surface area contributed by atoms with Crippen molar-refractivity contribution in [3.63, 3.8) is 0 Å². The SMILES string of the molecule is Nc1cnc(Oc2cccc(C(F)(F)F)c2)c(Br)c1. The van der Waals surface area contributed by atoms with Gasteiger partial charge in [-0.05, 0) is 40.2 Å². The maximum absolute atomic E-state index is 12.5. The number of benzene rings is 1. The highest BCUT2D eigenvalue weighted by Crippen LogP contribution is 2.34. The van der Waals surface area contributed by atoms with Crippen molar-refractivity contribution >= 4 is 21.6 Å². The highest BCUT2D eigenvalue weighted by molar-refractivity contribution is 9.10. The Bertz CT molecular complexity index is 602. The molecule has 0 spiro atoms. The van der Waals surface area contributed by atoms with Crippen LogP contribution in [-0.2, 0) is 6.18 Å². The number of ether oxygens (including phenoxy) is 1. The van der Waals surface area contributed by atoms with E-state index in [0.29, 0.717) is 10.2 Å². The minimum absolute atomic E-state index is 0.0489. The quantitative estimate of drug-likeness (QED) is 0.894. The molecule has 100 valence electrons. The van der Waals surface area contributed by atoms with Crippen LogP contribution in [0.25, 0.3) is 0 Å². The van der Waals surface area contributed by atoms with Crippen molar-refractivity contribution in [3.8, 4) is 11.6 Å². The number of nitrogen functional groups attached to an aromatic ring is 1. The smallest absolute Gasteiger partial charge is 0.416 e. The molecule has 0 aliphatic heterocycles. The van der Waals surface area contributed by atoms with Crippen LogP contribution >= 0.6 is 15.9 Å². The van der Waals surface area contributed by atoms with Gasteiger partial charge in [0.05, 0.1) is 21.9 Å². The van der Waals surface area contributed by atoms with E-state index < -0.39 is 11.7 Å². The Labute approximate surface area is 115 Å². The molecule has 2 aromatic rings. The number of rotatable bonds is 2. The molecular weight excluding hydrogens is 325 g/mol. The Morgan fingerprint density at radius 3 is 2.58 bits per heavy atom. The Balaban J connectivity index is 2.29. The van der Waals surface area contributed by atoms with Crippen LogP contribution in [0.1, 0.15) is 5.56 Å². The van der Waals surface area contributed by atoms with Crippen LogP contribution in [0, 0.1) is 0 Å². The van der Waals surface area contributed by atoms with Crippen LogP contribution < -0.4 is 10.5 Å². The van der Waals surface area contributed by atoms with Crippen LogP contribution in [0.4, 0.5) is 18.9 Å². The zero-order valence-electron chi connectivity index (χ0n) is 9.41. The third kappa shape index (κ3) is 3.37. The largest absolute Gasteiger partial charge is 0.438 e. The highest BCUT2D eigenvalue weighted by Gasteiger charge is 2.30. The van der Waals surface area contributed by atoms with Crippen LogP contribution in [0.3, 0.4) is 0 Å². The maximum Gasteiger partial charge on any atom is 0.416 e. The topological polar surface area (TPSA) is 48.1 Å². The molecule has 2 rings (SSSR count). The fourth-order valence-corrected chi connectivity index (χ4v) is 1.81. The van der Waals surface area contributed by atoms with Crippen LogP contribution in [0.2, 0.25) is 0 Å². The van der Waals surface area contributed by atoms with E-state index in [1.54, 1.807) is 6.07 Å². The van der Waals surface area contributed by atoms with Gasteiger partial charge in [0.15, 0.2) is 0 Å². The molecule has 0 saturated heterocycles. The van der Waals surface area contributed by atoms with Gasteiger partial charge >= 0.3 is 6.18 Å². The van der Waals surface area contributed by atoms with E-state index in [2.05, 4.69) is 20.9 Å². The maximum atomic E-state index is 12.5. The van der Waals surface area contributed by atoms with Crippen molar-refractivity contribution in [1.82, 2.24) is 4.98 Å². The van der Waals surface area contributed by atoms with Gasteiger partial charge in [-0.1, -0.05) is 6.07 Å². The molecule has 0 amide bonds. The molecule has 0 aliphatic rings. The molecule has 1 heterocycles. The van der Waals surface area contributed by atoms with Crippen molar-refractivity contribution in [3.05, 3.63) is 46.6 Å². The van der Waals surface area contributed by atoms with Gasteiger partial charge in [-0.25, -0.2) is 4.98 Å². The fraction of sp³-hybridized carbons (Fsp3) is 0.0833. The molecule has 0 fully saturated rings. The Kier molecular flexibility index (Phi) is 3.66.